The topological polar surface area (TPSA) is 86.6 Å². The predicted octanol–water partition coefficient (Wildman–Crippen LogP) is 3.47. The lowest BCUT2D eigenvalue weighted by Crippen LogP contribution is -2.15. The molecular weight excluding hydrogens is 395 g/mol. The summed E-state index contributed by atoms with van der Waals surface area (Å²) >= 11 is 0. The number of para-hydroxylation sites is 1. The number of hydrogen-bond donors (Lipinski definition) is 2. The first kappa shape index (κ1) is 19.3. The second kappa shape index (κ2) is 7.24. The van der Waals surface area contributed by atoms with Gasteiger partial charge >= 0.3 is 5.69 Å². The van der Waals surface area contributed by atoms with Gasteiger partial charge in [0, 0.05) is 47.3 Å². The zero-order valence-electron chi connectivity index (χ0n) is 17.4. The van der Waals surface area contributed by atoms with Gasteiger partial charge in [-0.1, -0.05) is 18.2 Å². The van der Waals surface area contributed by atoms with Crippen molar-refractivity contribution in [3.63, 3.8) is 0 Å². The lowest BCUT2D eigenvalue weighted by molar-refractivity contribution is 0.629. The molecule has 0 aliphatic rings. The molecule has 3 heterocycles. The Morgan fingerprint density at radius 2 is 1.94 bits per heavy atom. The number of rotatable bonds is 5. The molecule has 3 aromatic heterocycles. The summed E-state index contributed by atoms with van der Waals surface area (Å²) in [6.45, 7) is 3.22. The van der Waals surface area contributed by atoms with Crippen LogP contribution in [0.3, 0.4) is 0 Å². The minimum Gasteiger partial charge on any atom is -0.347 e. The number of nitrogens with two attached hydrogens (primary N) is 1. The highest BCUT2D eigenvalue weighted by Crippen LogP contribution is 2.35. The van der Waals surface area contributed by atoms with Crippen LogP contribution in [-0.4, -0.2) is 30.4 Å². The third kappa shape index (κ3) is 2.90. The summed E-state index contributed by atoms with van der Waals surface area (Å²) in [7, 11) is 1.99. The van der Waals surface area contributed by atoms with Gasteiger partial charge in [0.15, 0.2) is 5.82 Å². The average molecular weight is 418 g/mol. The minimum atomic E-state index is -0.371. The van der Waals surface area contributed by atoms with E-state index in [4.69, 9.17) is 5.73 Å². The van der Waals surface area contributed by atoms with Crippen LogP contribution in [0, 0.1) is 12.7 Å². The average Bonchev–Trinajstić information content (AvgIpc) is 3.39. The Labute approximate surface area is 177 Å². The number of benzene rings is 2. The van der Waals surface area contributed by atoms with E-state index in [1.807, 2.05) is 49.0 Å². The second-order valence-corrected chi connectivity index (χ2v) is 7.74. The SMILES string of the molecule is Cc1c(-c2n[nH]c(=O)n2-c2cn(CCCN)c3ccc(F)cc23)c2ccccc2n1C. The van der Waals surface area contributed by atoms with Gasteiger partial charge in [0.05, 0.1) is 11.2 Å². The summed E-state index contributed by atoms with van der Waals surface area (Å²) in [5.41, 5.74) is 9.67. The molecule has 8 heteroatoms. The number of hydrogen-bond acceptors (Lipinski definition) is 3. The predicted molar refractivity (Wildman–Crippen MR) is 120 cm³/mol. The van der Waals surface area contributed by atoms with Gasteiger partial charge in [-0.2, -0.15) is 5.10 Å². The fraction of sp³-hybridized carbons (Fsp3) is 0.217. The van der Waals surface area contributed by atoms with E-state index >= 15 is 0 Å². The van der Waals surface area contributed by atoms with E-state index in [-0.39, 0.29) is 11.5 Å². The molecule has 31 heavy (non-hydrogen) atoms. The fourth-order valence-corrected chi connectivity index (χ4v) is 4.37. The highest BCUT2D eigenvalue weighted by atomic mass is 19.1. The van der Waals surface area contributed by atoms with E-state index in [1.54, 1.807) is 6.07 Å². The Hall–Kier alpha value is -3.65. The molecule has 5 rings (SSSR count). The maximum absolute atomic E-state index is 14.2. The molecule has 0 atom stereocenters. The van der Waals surface area contributed by atoms with Crippen molar-refractivity contribution in [1.29, 1.82) is 0 Å². The lowest BCUT2D eigenvalue weighted by Gasteiger charge is -2.06. The Morgan fingerprint density at radius 1 is 1.13 bits per heavy atom. The number of aromatic amines is 1. The van der Waals surface area contributed by atoms with Crippen molar-refractivity contribution in [2.24, 2.45) is 12.8 Å². The van der Waals surface area contributed by atoms with Gasteiger partial charge in [-0.05, 0) is 44.2 Å². The summed E-state index contributed by atoms with van der Waals surface area (Å²) in [5, 5.41) is 8.62. The Kier molecular flexibility index (Phi) is 4.51. The van der Waals surface area contributed by atoms with E-state index < -0.39 is 0 Å². The summed E-state index contributed by atoms with van der Waals surface area (Å²) in [6, 6.07) is 12.6. The number of nitrogens with one attached hydrogen (secondary N) is 1. The smallest absolute Gasteiger partial charge is 0.347 e. The number of fused-ring (bicyclic) bond motifs is 2. The van der Waals surface area contributed by atoms with Gasteiger partial charge in [0.25, 0.3) is 0 Å². The van der Waals surface area contributed by atoms with Crippen molar-refractivity contribution < 1.29 is 4.39 Å². The maximum Gasteiger partial charge on any atom is 0.348 e. The van der Waals surface area contributed by atoms with Crippen molar-refractivity contribution in [2.45, 2.75) is 19.9 Å². The highest BCUT2D eigenvalue weighted by Gasteiger charge is 2.23. The van der Waals surface area contributed by atoms with Gasteiger partial charge in [-0.3, -0.25) is 0 Å². The molecule has 0 fully saturated rings. The summed E-state index contributed by atoms with van der Waals surface area (Å²) in [6.07, 6.45) is 2.65. The van der Waals surface area contributed by atoms with Crippen LogP contribution in [0.15, 0.2) is 53.5 Å². The van der Waals surface area contributed by atoms with Gasteiger partial charge in [0.2, 0.25) is 0 Å². The van der Waals surface area contributed by atoms with Crippen LogP contribution in [0.5, 0.6) is 0 Å². The van der Waals surface area contributed by atoms with Gasteiger partial charge in [0.1, 0.15) is 5.82 Å². The molecule has 0 spiro atoms. The fourth-order valence-electron chi connectivity index (χ4n) is 4.37. The van der Waals surface area contributed by atoms with E-state index in [9.17, 15) is 9.18 Å². The number of nitrogens with zero attached hydrogens (tertiary/aromatic N) is 4. The molecule has 0 unspecified atom stereocenters. The monoisotopic (exact) mass is 418 g/mol. The molecular formula is C23H23FN6O. The van der Waals surface area contributed by atoms with Crippen LogP contribution in [0.25, 0.3) is 38.9 Å². The molecule has 0 aliphatic heterocycles. The number of aromatic nitrogens is 5. The third-order valence-electron chi connectivity index (χ3n) is 5.96. The molecule has 5 aromatic rings. The Bertz CT molecular complexity index is 1490. The first-order valence-corrected chi connectivity index (χ1v) is 10.2. The highest BCUT2D eigenvalue weighted by molar-refractivity contribution is 5.97. The molecule has 0 radical (unpaired) electrons. The van der Waals surface area contributed by atoms with Crippen LogP contribution >= 0.6 is 0 Å². The molecule has 0 saturated carbocycles. The quantitative estimate of drug-likeness (QED) is 0.458. The number of H-pyrrole nitrogens is 1. The third-order valence-corrected chi connectivity index (χ3v) is 5.96. The van der Waals surface area contributed by atoms with Gasteiger partial charge < -0.3 is 14.9 Å². The normalized spacial score (nSPS) is 11.7. The Balaban J connectivity index is 1.82. The molecule has 0 bridgehead atoms. The van der Waals surface area contributed by atoms with Crippen LogP contribution in [0.2, 0.25) is 0 Å². The summed E-state index contributed by atoms with van der Waals surface area (Å²) in [4.78, 5) is 12.9. The van der Waals surface area contributed by atoms with Gasteiger partial charge in [-0.15, -0.1) is 0 Å². The van der Waals surface area contributed by atoms with Crippen LogP contribution in [0.4, 0.5) is 4.39 Å². The number of aryl methyl sites for hydroxylation is 2. The van der Waals surface area contributed by atoms with Crippen LogP contribution in [-0.2, 0) is 13.6 Å². The lowest BCUT2D eigenvalue weighted by atomic mass is 10.1. The molecule has 0 aliphatic carbocycles. The summed E-state index contributed by atoms with van der Waals surface area (Å²) < 4.78 is 19.8. The Morgan fingerprint density at radius 3 is 2.74 bits per heavy atom. The molecule has 0 saturated heterocycles. The standard InChI is InChI=1S/C23H23FN6O/c1-14-21(16-6-3-4-7-18(16)28(14)2)22-26-27-23(31)30(22)20-13-29(11-5-10-25)19-9-8-15(24)12-17(19)20/h3-4,6-9,12-13H,5,10-11,25H2,1-2H3,(H,27,31). The second-order valence-electron chi connectivity index (χ2n) is 7.74. The van der Waals surface area contributed by atoms with Crippen molar-refractivity contribution in [3.8, 4) is 17.1 Å². The molecule has 7 nitrogen and oxygen atoms in total. The van der Waals surface area contributed by atoms with Gasteiger partial charge in [-0.25, -0.2) is 18.9 Å². The van der Waals surface area contributed by atoms with E-state index in [1.165, 1.54) is 16.7 Å². The molecule has 3 N–H and O–H groups in total. The molecule has 158 valence electrons. The first-order chi connectivity index (χ1) is 15.0. The van der Waals surface area contributed by atoms with Crippen molar-refractivity contribution in [2.75, 3.05) is 6.54 Å². The van der Waals surface area contributed by atoms with E-state index in [0.29, 0.717) is 30.0 Å². The van der Waals surface area contributed by atoms with E-state index in [2.05, 4.69) is 14.8 Å². The van der Waals surface area contributed by atoms with E-state index in [0.717, 1.165) is 34.1 Å². The number of halogens is 1. The maximum atomic E-state index is 14.2. The molecule has 0 amide bonds. The molecule has 2 aromatic carbocycles. The zero-order chi connectivity index (χ0) is 21.7. The van der Waals surface area contributed by atoms with Crippen molar-refractivity contribution >= 4 is 21.8 Å². The van der Waals surface area contributed by atoms with Crippen molar-refractivity contribution in [3.05, 3.63) is 70.7 Å². The van der Waals surface area contributed by atoms with Crippen LogP contribution in [0.1, 0.15) is 12.1 Å². The largest absolute Gasteiger partial charge is 0.348 e. The van der Waals surface area contributed by atoms with Crippen molar-refractivity contribution in [1.82, 2.24) is 23.9 Å². The van der Waals surface area contributed by atoms with Crippen LogP contribution < -0.4 is 11.4 Å². The minimum absolute atomic E-state index is 0.357. The first-order valence-electron chi connectivity index (χ1n) is 10.2. The zero-order valence-corrected chi connectivity index (χ0v) is 17.4. The summed E-state index contributed by atoms with van der Waals surface area (Å²) in [5.74, 6) is 0.145.